The number of primary amides is 1. The first-order valence-electron chi connectivity index (χ1n) is 10.7. The Morgan fingerprint density at radius 3 is 2.57 bits per heavy atom. The fourth-order valence-electron chi connectivity index (χ4n) is 5.86. The normalized spacial score (nSPS) is 26.3. The average molecular weight is 421 g/mol. The minimum Gasteiger partial charge on any atom is -0.373 e. The minimum absolute atomic E-state index is 0.322. The first-order chi connectivity index (χ1) is 14.5. The number of hydrogen-bond acceptors (Lipinski definition) is 4. The van der Waals surface area contributed by atoms with Gasteiger partial charge >= 0.3 is 0 Å². The van der Waals surface area contributed by atoms with Crippen LogP contribution in [0.4, 0.5) is 0 Å². The molecule has 4 nitrogen and oxygen atoms in total. The van der Waals surface area contributed by atoms with E-state index in [-0.39, 0.29) is 11.5 Å². The Bertz CT molecular complexity index is 1090. The van der Waals surface area contributed by atoms with Crippen molar-refractivity contribution in [1.82, 2.24) is 4.90 Å². The van der Waals surface area contributed by atoms with E-state index in [1.165, 1.54) is 20.5 Å². The summed E-state index contributed by atoms with van der Waals surface area (Å²) in [6, 6.07) is 16.5. The molecular weight excluding hydrogens is 392 g/mol. The fraction of sp³-hybridized carbons (Fsp3) is 0.400. The summed E-state index contributed by atoms with van der Waals surface area (Å²) in [7, 11) is 1.83. The molecule has 1 aromatic heterocycles. The molecule has 156 valence electrons. The van der Waals surface area contributed by atoms with E-state index in [9.17, 15) is 4.79 Å². The van der Waals surface area contributed by atoms with Gasteiger partial charge in [-0.05, 0) is 54.5 Å². The lowest BCUT2D eigenvalue weighted by atomic mass is 9.74. The maximum Gasteiger partial charge on any atom is 0.248 e. The first kappa shape index (κ1) is 19.7. The fourth-order valence-corrected chi connectivity index (χ4v) is 7.12. The summed E-state index contributed by atoms with van der Waals surface area (Å²) < 4.78 is 7.66. The van der Waals surface area contributed by atoms with Crippen LogP contribution in [0.5, 0.6) is 0 Å². The molecule has 3 aromatic rings. The summed E-state index contributed by atoms with van der Waals surface area (Å²) in [5.41, 5.74) is 8.31. The van der Waals surface area contributed by atoms with Crippen molar-refractivity contribution in [2.75, 3.05) is 20.2 Å². The van der Waals surface area contributed by atoms with Crippen LogP contribution >= 0.6 is 11.3 Å². The van der Waals surface area contributed by atoms with Gasteiger partial charge in [-0.2, -0.15) is 0 Å². The molecular formula is C25H28N2O2S. The lowest BCUT2D eigenvalue weighted by molar-refractivity contribution is -0.120. The van der Waals surface area contributed by atoms with Crippen molar-refractivity contribution in [3.05, 3.63) is 70.1 Å². The number of nitrogens with two attached hydrogens (primary N) is 1. The van der Waals surface area contributed by atoms with Gasteiger partial charge in [0.15, 0.2) is 0 Å². The topological polar surface area (TPSA) is 55.6 Å². The number of piperidine rings is 1. The van der Waals surface area contributed by atoms with Gasteiger partial charge in [-0.3, -0.25) is 9.69 Å². The Morgan fingerprint density at radius 2 is 1.90 bits per heavy atom. The number of thiophene rings is 1. The van der Waals surface area contributed by atoms with Gasteiger partial charge in [0, 0.05) is 53.7 Å². The van der Waals surface area contributed by atoms with Crippen molar-refractivity contribution in [1.29, 1.82) is 0 Å². The molecule has 2 N–H and O–H groups in total. The lowest BCUT2D eigenvalue weighted by Gasteiger charge is -2.47. The van der Waals surface area contributed by atoms with Crippen molar-refractivity contribution < 1.29 is 9.53 Å². The molecule has 2 bridgehead atoms. The molecule has 2 unspecified atom stereocenters. The van der Waals surface area contributed by atoms with Gasteiger partial charge in [0.2, 0.25) is 5.91 Å². The van der Waals surface area contributed by atoms with Gasteiger partial charge in [0.1, 0.15) is 5.60 Å². The highest BCUT2D eigenvalue weighted by molar-refractivity contribution is 7.19. The van der Waals surface area contributed by atoms with E-state index in [0.29, 0.717) is 17.4 Å². The van der Waals surface area contributed by atoms with Gasteiger partial charge < -0.3 is 10.5 Å². The predicted molar refractivity (Wildman–Crippen MR) is 122 cm³/mol. The molecule has 2 atom stereocenters. The van der Waals surface area contributed by atoms with Crippen LogP contribution in [-0.4, -0.2) is 31.0 Å². The Hall–Kier alpha value is -2.21. The average Bonchev–Trinajstić information content (AvgIpc) is 3.17. The molecule has 1 amide bonds. The van der Waals surface area contributed by atoms with Crippen molar-refractivity contribution in [3.63, 3.8) is 0 Å². The smallest absolute Gasteiger partial charge is 0.248 e. The summed E-state index contributed by atoms with van der Waals surface area (Å²) in [5.74, 6) is 0.450. The minimum atomic E-state index is -0.381. The van der Waals surface area contributed by atoms with Crippen LogP contribution in [0.3, 0.4) is 0 Å². The monoisotopic (exact) mass is 420 g/mol. The number of carbonyl (C=O) groups is 1. The number of benzene rings is 2. The van der Waals surface area contributed by atoms with Gasteiger partial charge in [0.05, 0.1) is 0 Å². The zero-order chi connectivity index (χ0) is 20.9. The largest absolute Gasteiger partial charge is 0.373 e. The molecule has 1 aliphatic carbocycles. The molecule has 2 fully saturated rings. The van der Waals surface area contributed by atoms with E-state index in [4.69, 9.17) is 10.5 Å². The second-order valence-corrected chi connectivity index (χ2v) is 9.89. The van der Waals surface area contributed by atoms with Crippen molar-refractivity contribution in [2.45, 2.75) is 31.9 Å². The molecule has 1 aliphatic heterocycles. The molecule has 2 aliphatic rings. The van der Waals surface area contributed by atoms with Crippen LogP contribution in [0, 0.1) is 18.8 Å². The van der Waals surface area contributed by atoms with Crippen molar-refractivity contribution in [3.8, 4) is 0 Å². The molecule has 2 heterocycles. The third-order valence-corrected chi connectivity index (χ3v) is 8.54. The Kier molecular flexibility index (Phi) is 4.92. The number of fused-ring (bicyclic) bond motifs is 3. The number of amides is 1. The zero-order valence-corrected chi connectivity index (χ0v) is 18.4. The van der Waals surface area contributed by atoms with Crippen molar-refractivity contribution >= 4 is 27.3 Å². The predicted octanol–water partition coefficient (Wildman–Crippen LogP) is 4.69. The second-order valence-electron chi connectivity index (χ2n) is 8.75. The Labute approximate surface area is 181 Å². The highest BCUT2D eigenvalue weighted by atomic mass is 32.1. The lowest BCUT2D eigenvalue weighted by Crippen LogP contribution is -2.52. The third-order valence-electron chi connectivity index (χ3n) is 7.28. The van der Waals surface area contributed by atoms with Crippen molar-refractivity contribution in [2.24, 2.45) is 17.6 Å². The third kappa shape index (κ3) is 2.99. The van der Waals surface area contributed by atoms with E-state index in [1.807, 2.05) is 30.6 Å². The maximum atomic E-state index is 11.7. The van der Waals surface area contributed by atoms with Crippen LogP contribution in [0.1, 0.15) is 39.2 Å². The number of nitrogens with zero attached hydrogens (tertiary/aromatic N) is 1. The number of aryl methyl sites for hydroxylation is 1. The molecule has 0 spiro atoms. The van der Waals surface area contributed by atoms with E-state index in [0.717, 1.165) is 38.0 Å². The van der Waals surface area contributed by atoms with Crippen LogP contribution in [0.2, 0.25) is 0 Å². The molecule has 0 radical (unpaired) electrons. The molecule has 30 heavy (non-hydrogen) atoms. The van der Waals surface area contributed by atoms with Crippen LogP contribution in [0.15, 0.2) is 48.5 Å². The quantitative estimate of drug-likeness (QED) is 0.651. The van der Waals surface area contributed by atoms with Gasteiger partial charge in [-0.1, -0.05) is 30.3 Å². The highest BCUT2D eigenvalue weighted by Gasteiger charge is 2.55. The summed E-state index contributed by atoms with van der Waals surface area (Å²) in [6.07, 6.45) is 2.31. The van der Waals surface area contributed by atoms with Crippen LogP contribution in [-0.2, 0) is 16.9 Å². The molecule has 5 rings (SSSR count). The number of likely N-dealkylation sites (tertiary alicyclic amines) is 1. The number of ether oxygens (including phenoxy) is 1. The Morgan fingerprint density at radius 1 is 1.17 bits per heavy atom. The zero-order valence-electron chi connectivity index (χ0n) is 17.6. The first-order valence-corrected chi connectivity index (χ1v) is 11.5. The summed E-state index contributed by atoms with van der Waals surface area (Å²) in [6.45, 7) is 5.28. The van der Waals surface area contributed by atoms with E-state index in [2.05, 4.69) is 42.2 Å². The van der Waals surface area contributed by atoms with E-state index >= 15 is 0 Å². The van der Waals surface area contributed by atoms with Gasteiger partial charge in [-0.15, -0.1) is 11.3 Å². The molecule has 2 aromatic carbocycles. The maximum absolute atomic E-state index is 11.7. The van der Waals surface area contributed by atoms with Gasteiger partial charge in [-0.25, -0.2) is 0 Å². The SMILES string of the molecule is COC1(c2cccc(C(N)=O)c2)C2CCC1CN(Cc1sc3ccccc3c1C)C2. The second kappa shape index (κ2) is 7.49. The summed E-state index contributed by atoms with van der Waals surface area (Å²) in [4.78, 5) is 15.8. The van der Waals surface area contributed by atoms with Gasteiger partial charge in [0.25, 0.3) is 0 Å². The van der Waals surface area contributed by atoms with Crippen LogP contribution in [0.25, 0.3) is 10.1 Å². The van der Waals surface area contributed by atoms with Crippen LogP contribution < -0.4 is 5.73 Å². The Balaban J connectivity index is 1.43. The number of hydrogen-bond donors (Lipinski definition) is 1. The summed E-state index contributed by atoms with van der Waals surface area (Å²) >= 11 is 1.92. The molecule has 1 saturated heterocycles. The summed E-state index contributed by atoms with van der Waals surface area (Å²) in [5, 5.41) is 1.38. The molecule has 1 saturated carbocycles. The van der Waals surface area contributed by atoms with E-state index in [1.54, 1.807) is 6.07 Å². The number of carbonyl (C=O) groups excluding carboxylic acids is 1. The van der Waals surface area contributed by atoms with E-state index < -0.39 is 0 Å². The standard InChI is InChI=1S/C25H28N2O2S/c1-16-21-8-3-4-9-22(21)30-23(16)15-27-13-19-10-11-20(14-27)25(19,29-2)18-7-5-6-17(12-18)24(26)28/h3-9,12,19-20H,10-11,13-15H2,1-2H3,(H2,26,28). The highest BCUT2D eigenvalue weighted by Crippen LogP contribution is 2.54. The number of methoxy groups -OCH3 is 1. The number of rotatable bonds is 5. The molecule has 5 heteroatoms.